The van der Waals surface area contributed by atoms with Gasteiger partial charge < -0.3 is 5.11 Å². The van der Waals surface area contributed by atoms with Gasteiger partial charge in [-0.25, -0.2) is 0 Å². The fourth-order valence-corrected chi connectivity index (χ4v) is 3.54. The average Bonchev–Trinajstić information content (AvgIpc) is 2.27. The topological polar surface area (TPSA) is 20.2 Å². The van der Waals surface area contributed by atoms with Crippen molar-refractivity contribution >= 4 is 0 Å². The molecule has 0 heterocycles. The first-order chi connectivity index (χ1) is 7.10. The van der Waals surface area contributed by atoms with Crippen molar-refractivity contribution in [1.29, 1.82) is 0 Å². The van der Waals surface area contributed by atoms with Gasteiger partial charge >= 0.3 is 0 Å². The van der Waals surface area contributed by atoms with Crippen LogP contribution in [0.3, 0.4) is 0 Å². The standard InChI is InChI=1S/C14H18O/c1-14(2)12-8-10-6-4-3-5-9(10)7-11(12)13(14)15/h3-6,11-13,15H,7-8H2,1-2H3. The summed E-state index contributed by atoms with van der Waals surface area (Å²) < 4.78 is 0. The van der Waals surface area contributed by atoms with Crippen molar-refractivity contribution in [3.8, 4) is 0 Å². The molecular weight excluding hydrogens is 184 g/mol. The third-order valence-electron chi connectivity index (χ3n) is 4.65. The molecule has 2 aliphatic rings. The molecule has 3 unspecified atom stereocenters. The first-order valence-corrected chi connectivity index (χ1v) is 5.85. The molecule has 3 rings (SSSR count). The molecule has 0 bridgehead atoms. The van der Waals surface area contributed by atoms with E-state index in [1.54, 1.807) is 0 Å². The van der Waals surface area contributed by atoms with Crippen LogP contribution in [-0.4, -0.2) is 11.2 Å². The summed E-state index contributed by atoms with van der Waals surface area (Å²) in [7, 11) is 0. The van der Waals surface area contributed by atoms with E-state index >= 15 is 0 Å². The molecule has 0 aliphatic heterocycles. The minimum atomic E-state index is -0.101. The molecule has 1 fully saturated rings. The maximum Gasteiger partial charge on any atom is 0.0628 e. The van der Waals surface area contributed by atoms with Crippen LogP contribution in [0.1, 0.15) is 25.0 Å². The highest BCUT2D eigenvalue weighted by Gasteiger charge is 2.56. The normalized spacial score (nSPS) is 36.3. The van der Waals surface area contributed by atoms with Crippen LogP contribution in [0.4, 0.5) is 0 Å². The van der Waals surface area contributed by atoms with Gasteiger partial charge in [0.2, 0.25) is 0 Å². The molecule has 1 heteroatoms. The van der Waals surface area contributed by atoms with Crippen LogP contribution in [0.15, 0.2) is 24.3 Å². The van der Waals surface area contributed by atoms with Crippen molar-refractivity contribution in [3.05, 3.63) is 35.4 Å². The molecule has 0 spiro atoms. The summed E-state index contributed by atoms with van der Waals surface area (Å²) in [6.45, 7) is 4.40. The van der Waals surface area contributed by atoms with Crippen molar-refractivity contribution in [2.75, 3.05) is 0 Å². The summed E-state index contributed by atoms with van der Waals surface area (Å²) >= 11 is 0. The van der Waals surface area contributed by atoms with Crippen molar-refractivity contribution in [2.45, 2.75) is 32.8 Å². The number of fused-ring (bicyclic) bond motifs is 2. The lowest BCUT2D eigenvalue weighted by Gasteiger charge is -2.58. The van der Waals surface area contributed by atoms with Crippen LogP contribution in [0, 0.1) is 17.3 Å². The van der Waals surface area contributed by atoms with Gasteiger partial charge in [0, 0.05) is 0 Å². The Kier molecular flexibility index (Phi) is 1.79. The second kappa shape index (κ2) is 2.85. The molecule has 0 aromatic heterocycles. The smallest absolute Gasteiger partial charge is 0.0628 e. The number of aliphatic hydroxyl groups is 1. The van der Waals surface area contributed by atoms with Gasteiger partial charge in [-0.15, -0.1) is 0 Å². The molecule has 1 N–H and O–H groups in total. The second-order valence-corrected chi connectivity index (χ2v) is 5.71. The van der Waals surface area contributed by atoms with E-state index in [9.17, 15) is 5.11 Å². The molecule has 0 radical (unpaired) electrons. The SMILES string of the molecule is CC1(C)C(O)C2Cc3ccccc3CC21. The quantitative estimate of drug-likeness (QED) is 0.685. The van der Waals surface area contributed by atoms with Gasteiger partial charge in [-0.2, -0.15) is 0 Å². The molecule has 1 aromatic carbocycles. The average molecular weight is 202 g/mol. The van der Waals surface area contributed by atoms with E-state index in [0.29, 0.717) is 11.8 Å². The molecule has 15 heavy (non-hydrogen) atoms. The predicted octanol–water partition coefficient (Wildman–Crippen LogP) is 2.42. The van der Waals surface area contributed by atoms with Gasteiger partial charge in [0.15, 0.2) is 0 Å². The van der Waals surface area contributed by atoms with E-state index in [1.807, 2.05) is 0 Å². The Morgan fingerprint density at radius 3 is 2.40 bits per heavy atom. The minimum Gasteiger partial charge on any atom is -0.392 e. The maximum absolute atomic E-state index is 10.1. The van der Waals surface area contributed by atoms with Crippen LogP contribution >= 0.6 is 0 Å². The zero-order valence-corrected chi connectivity index (χ0v) is 9.40. The van der Waals surface area contributed by atoms with Crippen molar-refractivity contribution in [2.24, 2.45) is 17.3 Å². The Labute approximate surface area is 91.1 Å². The lowest BCUT2D eigenvalue weighted by Crippen LogP contribution is -2.60. The lowest BCUT2D eigenvalue weighted by molar-refractivity contribution is -0.162. The Morgan fingerprint density at radius 1 is 1.13 bits per heavy atom. The highest BCUT2D eigenvalue weighted by Crippen LogP contribution is 2.55. The van der Waals surface area contributed by atoms with Gasteiger partial charge in [-0.1, -0.05) is 38.1 Å². The van der Waals surface area contributed by atoms with Gasteiger partial charge in [0.1, 0.15) is 0 Å². The Hall–Kier alpha value is -0.820. The predicted molar refractivity (Wildman–Crippen MR) is 60.6 cm³/mol. The molecule has 1 aromatic rings. The number of hydrogen-bond donors (Lipinski definition) is 1. The molecule has 0 saturated heterocycles. The summed E-state index contributed by atoms with van der Waals surface area (Å²) in [5.41, 5.74) is 3.07. The van der Waals surface area contributed by atoms with Crippen molar-refractivity contribution in [3.63, 3.8) is 0 Å². The largest absolute Gasteiger partial charge is 0.392 e. The first kappa shape index (κ1) is 9.41. The molecule has 1 saturated carbocycles. The fraction of sp³-hybridized carbons (Fsp3) is 0.571. The summed E-state index contributed by atoms with van der Waals surface area (Å²) in [5.74, 6) is 1.19. The maximum atomic E-state index is 10.1. The van der Waals surface area contributed by atoms with E-state index in [0.717, 1.165) is 12.8 Å². The third-order valence-corrected chi connectivity index (χ3v) is 4.65. The van der Waals surface area contributed by atoms with E-state index in [2.05, 4.69) is 38.1 Å². The van der Waals surface area contributed by atoms with Crippen molar-refractivity contribution < 1.29 is 5.11 Å². The molecular formula is C14H18O. The lowest BCUT2D eigenvalue weighted by atomic mass is 9.48. The number of aliphatic hydroxyl groups excluding tert-OH is 1. The number of rotatable bonds is 0. The van der Waals surface area contributed by atoms with E-state index in [1.165, 1.54) is 11.1 Å². The van der Waals surface area contributed by atoms with E-state index in [-0.39, 0.29) is 11.5 Å². The van der Waals surface area contributed by atoms with Crippen LogP contribution in [0.5, 0.6) is 0 Å². The van der Waals surface area contributed by atoms with Crippen molar-refractivity contribution in [1.82, 2.24) is 0 Å². The highest BCUT2D eigenvalue weighted by atomic mass is 16.3. The molecule has 1 nitrogen and oxygen atoms in total. The minimum absolute atomic E-state index is 0.101. The summed E-state index contributed by atoms with van der Waals surface area (Å²) in [5, 5.41) is 10.1. The third kappa shape index (κ3) is 1.13. The molecule has 2 aliphatic carbocycles. The van der Waals surface area contributed by atoms with Crippen LogP contribution < -0.4 is 0 Å². The first-order valence-electron chi connectivity index (χ1n) is 5.85. The van der Waals surface area contributed by atoms with E-state index in [4.69, 9.17) is 0 Å². The van der Waals surface area contributed by atoms with Gasteiger partial charge in [-0.3, -0.25) is 0 Å². The Morgan fingerprint density at radius 2 is 1.73 bits per heavy atom. The Bertz CT molecular complexity index is 394. The van der Waals surface area contributed by atoms with Crippen LogP contribution in [-0.2, 0) is 12.8 Å². The fourth-order valence-electron chi connectivity index (χ4n) is 3.54. The van der Waals surface area contributed by atoms with Gasteiger partial charge in [-0.05, 0) is 41.2 Å². The van der Waals surface area contributed by atoms with Crippen LogP contribution in [0.25, 0.3) is 0 Å². The summed E-state index contributed by atoms with van der Waals surface area (Å²) in [4.78, 5) is 0. The summed E-state index contributed by atoms with van der Waals surface area (Å²) in [6, 6.07) is 8.69. The van der Waals surface area contributed by atoms with Crippen LogP contribution in [0.2, 0.25) is 0 Å². The van der Waals surface area contributed by atoms with E-state index < -0.39 is 0 Å². The molecule has 3 atom stereocenters. The molecule has 80 valence electrons. The highest BCUT2D eigenvalue weighted by molar-refractivity contribution is 5.33. The second-order valence-electron chi connectivity index (χ2n) is 5.71. The van der Waals surface area contributed by atoms with Gasteiger partial charge in [0.25, 0.3) is 0 Å². The Balaban J connectivity index is 1.96. The van der Waals surface area contributed by atoms with Gasteiger partial charge in [0.05, 0.1) is 6.10 Å². The monoisotopic (exact) mass is 202 g/mol. The number of benzene rings is 1. The molecule has 0 amide bonds. The zero-order valence-electron chi connectivity index (χ0n) is 9.40. The number of hydrogen-bond acceptors (Lipinski definition) is 1. The zero-order chi connectivity index (χ0) is 10.6. The summed E-state index contributed by atoms with van der Waals surface area (Å²) in [6.07, 6.45) is 2.13.